The fourth-order valence-corrected chi connectivity index (χ4v) is 3.17. The van der Waals surface area contributed by atoms with Crippen LogP contribution in [0.4, 0.5) is 11.4 Å². The number of amides is 1. The maximum atomic E-state index is 11.3. The molecule has 0 saturated heterocycles. The molecule has 3 nitrogen and oxygen atoms in total. The number of nitrogens with one attached hydrogen (secondary N) is 1. The second-order valence-corrected chi connectivity index (χ2v) is 5.68. The third-order valence-electron chi connectivity index (χ3n) is 4.09. The Hall–Kier alpha value is -1.51. The summed E-state index contributed by atoms with van der Waals surface area (Å²) in [6, 6.07) is 4.93. The summed E-state index contributed by atoms with van der Waals surface area (Å²) < 4.78 is 0. The third kappa shape index (κ3) is 2.97. The maximum absolute atomic E-state index is 11.3. The molecule has 0 bridgehead atoms. The van der Waals surface area contributed by atoms with E-state index >= 15 is 0 Å². The first kappa shape index (κ1) is 16.5. The number of anilines is 2. The predicted molar refractivity (Wildman–Crippen MR) is 87.7 cm³/mol. The van der Waals surface area contributed by atoms with E-state index in [1.807, 2.05) is 0 Å². The largest absolute Gasteiger partial charge is 0.369 e. The van der Waals surface area contributed by atoms with Crippen LogP contribution in [0.2, 0.25) is 0 Å². The van der Waals surface area contributed by atoms with Crippen LogP contribution in [0, 0.1) is 6.92 Å². The average molecular weight is 276 g/mol. The van der Waals surface area contributed by atoms with Crippen LogP contribution in [-0.4, -0.2) is 18.5 Å². The normalized spacial score (nSPS) is 20.9. The molecule has 0 fully saturated rings. The van der Waals surface area contributed by atoms with E-state index in [0.29, 0.717) is 12.0 Å². The van der Waals surface area contributed by atoms with Crippen LogP contribution in [0.25, 0.3) is 0 Å². The van der Waals surface area contributed by atoms with Gasteiger partial charge in [0.15, 0.2) is 0 Å². The molecule has 0 spiro atoms. The van der Waals surface area contributed by atoms with Crippen molar-refractivity contribution in [2.24, 2.45) is 0 Å². The number of carbonyl (C=O) groups excluding carboxylic acids is 1. The van der Waals surface area contributed by atoms with E-state index < -0.39 is 0 Å². The first-order chi connectivity index (χ1) is 8.93. The number of carbonyl (C=O) groups is 1. The van der Waals surface area contributed by atoms with Crippen molar-refractivity contribution in [3.63, 3.8) is 0 Å². The van der Waals surface area contributed by atoms with E-state index in [1.54, 1.807) is 6.92 Å². The van der Waals surface area contributed by atoms with Crippen LogP contribution < -0.4 is 10.2 Å². The van der Waals surface area contributed by atoms with Gasteiger partial charge in [0, 0.05) is 30.9 Å². The molecular formula is C17H28N2O. The molecule has 2 unspecified atom stereocenters. The minimum absolute atomic E-state index is 0. The molecule has 1 aromatic carbocycles. The molecule has 0 saturated carbocycles. The molecule has 20 heavy (non-hydrogen) atoms. The lowest BCUT2D eigenvalue weighted by atomic mass is 9.86. The van der Waals surface area contributed by atoms with Gasteiger partial charge in [0.1, 0.15) is 0 Å². The van der Waals surface area contributed by atoms with Crippen LogP contribution >= 0.6 is 0 Å². The average Bonchev–Trinajstić information content (AvgIpc) is 2.31. The Bertz CT molecular complexity index is 496. The molecule has 2 atom stereocenters. The zero-order chi connectivity index (χ0) is 14.2. The van der Waals surface area contributed by atoms with Crippen molar-refractivity contribution >= 4 is 17.3 Å². The Morgan fingerprint density at radius 2 is 2.05 bits per heavy atom. The van der Waals surface area contributed by atoms with Gasteiger partial charge in [0.05, 0.1) is 0 Å². The van der Waals surface area contributed by atoms with Gasteiger partial charge < -0.3 is 10.2 Å². The van der Waals surface area contributed by atoms with Gasteiger partial charge in [-0.1, -0.05) is 20.4 Å². The highest BCUT2D eigenvalue weighted by Crippen LogP contribution is 2.40. The number of hydrogen-bond acceptors (Lipinski definition) is 2. The number of rotatable bonds is 2. The molecule has 0 aromatic heterocycles. The first-order valence-electron chi connectivity index (χ1n) is 7.12. The highest BCUT2D eigenvalue weighted by molar-refractivity contribution is 5.90. The van der Waals surface area contributed by atoms with Crippen molar-refractivity contribution in [3.05, 3.63) is 23.3 Å². The molecule has 0 aliphatic carbocycles. The second kappa shape index (κ2) is 6.29. The molecule has 1 heterocycles. The molecule has 1 aliphatic heterocycles. The number of fused-ring (bicyclic) bond motifs is 1. The van der Waals surface area contributed by atoms with Gasteiger partial charge in [0.25, 0.3) is 0 Å². The summed E-state index contributed by atoms with van der Waals surface area (Å²) in [5.74, 6) is 0.570. The molecule has 1 aromatic rings. The van der Waals surface area contributed by atoms with Crippen molar-refractivity contribution in [3.8, 4) is 0 Å². The summed E-state index contributed by atoms with van der Waals surface area (Å²) in [5, 5.41) is 2.93. The number of hydrogen-bond donors (Lipinski definition) is 1. The summed E-state index contributed by atoms with van der Waals surface area (Å²) in [6.45, 7) is 11.4. The Labute approximate surface area is 123 Å². The van der Waals surface area contributed by atoms with Crippen molar-refractivity contribution in [1.29, 1.82) is 0 Å². The summed E-state index contributed by atoms with van der Waals surface area (Å²) in [6.07, 6.45) is 1.19. The SMILES string of the molecule is C.CCN1c2cc(NC(C)=O)c(C)cc2C(C)CC1C. The smallest absolute Gasteiger partial charge is 0.221 e. The van der Waals surface area contributed by atoms with Crippen LogP contribution in [0.5, 0.6) is 0 Å². The van der Waals surface area contributed by atoms with Gasteiger partial charge in [-0.25, -0.2) is 0 Å². The molecule has 0 radical (unpaired) electrons. The van der Waals surface area contributed by atoms with Crippen LogP contribution in [-0.2, 0) is 4.79 Å². The van der Waals surface area contributed by atoms with Gasteiger partial charge in [-0.3, -0.25) is 4.79 Å². The van der Waals surface area contributed by atoms with E-state index in [4.69, 9.17) is 0 Å². The highest BCUT2D eigenvalue weighted by atomic mass is 16.1. The lowest BCUT2D eigenvalue weighted by Crippen LogP contribution is -2.38. The predicted octanol–water partition coefficient (Wildman–Crippen LogP) is 4.31. The maximum Gasteiger partial charge on any atom is 0.221 e. The van der Waals surface area contributed by atoms with Crippen LogP contribution in [0.1, 0.15) is 58.6 Å². The van der Waals surface area contributed by atoms with E-state index in [-0.39, 0.29) is 13.3 Å². The number of aryl methyl sites for hydroxylation is 1. The Kier molecular flexibility index (Phi) is 5.21. The molecule has 2 rings (SSSR count). The van der Waals surface area contributed by atoms with Gasteiger partial charge >= 0.3 is 0 Å². The molecule has 1 N–H and O–H groups in total. The number of nitrogens with zero attached hydrogens (tertiary/aromatic N) is 1. The van der Waals surface area contributed by atoms with Crippen molar-refractivity contribution in [1.82, 2.24) is 0 Å². The minimum Gasteiger partial charge on any atom is -0.369 e. The molecule has 112 valence electrons. The quantitative estimate of drug-likeness (QED) is 0.873. The summed E-state index contributed by atoms with van der Waals surface area (Å²) in [5.41, 5.74) is 4.77. The fourth-order valence-electron chi connectivity index (χ4n) is 3.17. The Morgan fingerprint density at radius 1 is 1.40 bits per heavy atom. The molecule has 3 heteroatoms. The summed E-state index contributed by atoms with van der Waals surface area (Å²) in [7, 11) is 0. The van der Waals surface area contributed by atoms with Gasteiger partial charge in [-0.2, -0.15) is 0 Å². The standard InChI is InChI=1S/C16H24N2O.CH4/c1-6-18-12(4)7-10(2)14-8-11(3)15(9-16(14)18)17-13(5)19;/h8-10,12H,6-7H2,1-5H3,(H,17,19);1H4. The van der Waals surface area contributed by atoms with Crippen LogP contribution in [0.15, 0.2) is 12.1 Å². The highest BCUT2D eigenvalue weighted by Gasteiger charge is 2.27. The lowest BCUT2D eigenvalue weighted by Gasteiger charge is -2.40. The fraction of sp³-hybridized carbons (Fsp3) is 0.588. The molecular weight excluding hydrogens is 248 g/mol. The van der Waals surface area contributed by atoms with Crippen molar-refractivity contribution in [2.75, 3.05) is 16.8 Å². The van der Waals surface area contributed by atoms with E-state index in [2.05, 4.69) is 50.0 Å². The topological polar surface area (TPSA) is 32.3 Å². The van der Waals surface area contributed by atoms with Gasteiger partial charge in [-0.05, 0) is 50.3 Å². The lowest BCUT2D eigenvalue weighted by molar-refractivity contribution is -0.114. The Morgan fingerprint density at radius 3 is 2.60 bits per heavy atom. The van der Waals surface area contributed by atoms with Gasteiger partial charge in [-0.15, -0.1) is 0 Å². The minimum atomic E-state index is -0.0111. The summed E-state index contributed by atoms with van der Waals surface area (Å²) >= 11 is 0. The van der Waals surface area contributed by atoms with Crippen molar-refractivity contribution < 1.29 is 4.79 Å². The molecule has 1 aliphatic rings. The van der Waals surface area contributed by atoms with E-state index in [1.165, 1.54) is 17.7 Å². The number of benzene rings is 1. The first-order valence-corrected chi connectivity index (χ1v) is 7.12. The van der Waals surface area contributed by atoms with Gasteiger partial charge in [0.2, 0.25) is 5.91 Å². The Balaban J connectivity index is 0.00000200. The summed E-state index contributed by atoms with van der Waals surface area (Å²) in [4.78, 5) is 13.7. The zero-order valence-electron chi connectivity index (χ0n) is 12.6. The zero-order valence-corrected chi connectivity index (χ0v) is 12.6. The van der Waals surface area contributed by atoms with E-state index in [0.717, 1.165) is 17.8 Å². The molecule has 1 amide bonds. The van der Waals surface area contributed by atoms with Crippen molar-refractivity contribution in [2.45, 2.75) is 60.4 Å². The van der Waals surface area contributed by atoms with E-state index in [9.17, 15) is 4.79 Å². The monoisotopic (exact) mass is 276 g/mol. The third-order valence-corrected chi connectivity index (χ3v) is 4.09. The van der Waals surface area contributed by atoms with Crippen LogP contribution in [0.3, 0.4) is 0 Å². The second-order valence-electron chi connectivity index (χ2n) is 5.68.